The summed E-state index contributed by atoms with van der Waals surface area (Å²) in [5.74, 6) is -0.779. The van der Waals surface area contributed by atoms with E-state index in [1.54, 1.807) is 6.07 Å². The van der Waals surface area contributed by atoms with Gasteiger partial charge >= 0.3 is 11.7 Å². The second kappa shape index (κ2) is 15.2. The highest BCUT2D eigenvalue weighted by Crippen LogP contribution is 2.39. The lowest BCUT2D eigenvalue weighted by molar-refractivity contribution is -0.157. The Morgan fingerprint density at radius 1 is 0.978 bits per heavy atom. The summed E-state index contributed by atoms with van der Waals surface area (Å²) in [6.07, 6.45) is 2.54. The number of carbonyl (C=O) groups excluding carboxylic acids is 2. The van der Waals surface area contributed by atoms with Crippen LogP contribution in [0.1, 0.15) is 71.6 Å². The van der Waals surface area contributed by atoms with Crippen molar-refractivity contribution in [1.29, 1.82) is 0 Å². The van der Waals surface area contributed by atoms with Crippen LogP contribution in [0.3, 0.4) is 0 Å². The Kier molecular flexibility index (Phi) is 11.3. The Hall–Kier alpha value is -4.54. The molecule has 1 saturated heterocycles. The molecule has 244 valence electrons. The molecule has 46 heavy (non-hydrogen) atoms. The molecule has 0 amide bonds. The molecule has 0 saturated carbocycles. The van der Waals surface area contributed by atoms with Crippen LogP contribution in [0.15, 0.2) is 70.4 Å². The fraction of sp³-hybridized carbons (Fsp3) is 0.389. The van der Waals surface area contributed by atoms with Gasteiger partial charge in [-0.15, -0.1) is 0 Å². The standard InChI is InChI=1S/C17H12O.C13H16N2O7.C6H14/c1-10-9-12-6-8-15(18)14-7-5-11-3-2-4-13(10)16(11)17(12)14;1-6(16)11(19)12-8(21-7(2)17)5-10(22-12)15-4-3-9(18)14-13(15)20;1-3-5-6-4-2/h2-9,18H,1H3;3-4,8,10-12,19H,5H2,1-2H3,(H,14,18,20);3-6H2,1-2H3/t;8-,10+,11?,12-;/m.0./s1. The molecule has 1 aliphatic heterocycles. The number of hydrogen-bond acceptors (Lipinski definition) is 8. The van der Waals surface area contributed by atoms with Crippen molar-refractivity contribution in [1.82, 2.24) is 9.55 Å². The van der Waals surface area contributed by atoms with Crippen LogP contribution in [0, 0.1) is 6.92 Å². The number of aliphatic hydroxyl groups is 1. The summed E-state index contributed by atoms with van der Waals surface area (Å²) in [6.45, 7) is 8.98. The second-order valence-electron chi connectivity index (χ2n) is 11.6. The van der Waals surface area contributed by atoms with E-state index in [9.17, 15) is 29.4 Å². The summed E-state index contributed by atoms with van der Waals surface area (Å²) in [5, 5.41) is 27.0. The molecule has 1 aromatic heterocycles. The zero-order chi connectivity index (χ0) is 33.5. The number of esters is 1. The molecule has 0 radical (unpaired) electrons. The van der Waals surface area contributed by atoms with Gasteiger partial charge in [0, 0.05) is 36.4 Å². The first-order chi connectivity index (χ1) is 22.0. The largest absolute Gasteiger partial charge is 0.507 e. The van der Waals surface area contributed by atoms with Crippen molar-refractivity contribution in [2.45, 2.75) is 91.3 Å². The molecule has 6 rings (SSSR count). The van der Waals surface area contributed by atoms with E-state index in [2.05, 4.69) is 56.1 Å². The average Bonchev–Trinajstić information content (AvgIpc) is 3.43. The average molecular weight is 631 g/mol. The van der Waals surface area contributed by atoms with Gasteiger partial charge in [-0.2, -0.15) is 0 Å². The summed E-state index contributed by atoms with van der Waals surface area (Å²) in [6, 6.07) is 17.6. The lowest BCUT2D eigenvalue weighted by Crippen LogP contribution is -2.41. The van der Waals surface area contributed by atoms with Crippen molar-refractivity contribution < 1.29 is 29.3 Å². The maximum atomic E-state index is 11.8. The molecule has 4 aromatic carbocycles. The van der Waals surface area contributed by atoms with Crippen LogP contribution in [0.4, 0.5) is 0 Å². The van der Waals surface area contributed by atoms with Gasteiger partial charge in [-0.05, 0) is 47.0 Å². The SMILES string of the molecule is CC(=O)O[C@H]1C[C@H](n2ccc(=O)[nH]c2=O)O[C@@H]1C(O)C(C)=O.CCCCCC.Cc1cc2ccc(O)c3ccc4cccc1c4c23. The zero-order valence-corrected chi connectivity index (χ0v) is 26.9. The number of nitrogens with one attached hydrogen (secondary N) is 1. The summed E-state index contributed by atoms with van der Waals surface area (Å²) >= 11 is 0. The predicted molar refractivity (Wildman–Crippen MR) is 178 cm³/mol. The monoisotopic (exact) mass is 630 g/mol. The molecule has 2 heterocycles. The molecule has 5 aromatic rings. The number of phenols is 1. The number of aryl methyl sites for hydroxylation is 1. The quantitative estimate of drug-likeness (QED) is 0.115. The third-order valence-electron chi connectivity index (χ3n) is 8.11. The number of phenolic OH excluding ortho intramolecular Hbond substituents is 1. The van der Waals surface area contributed by atoms with Gasteiger partial charge in [0.25, 0.3) is 5.56 Å². The summed E-state index contributed by atoms with van der Waals surface area (Å²) in [4.78, 5) is 47.4. The maximum Gasteiger partial charge on any atom is 0.330 e. The van der Waals surface area contributed by atoms with E-state index >= 15 is 0 Å². The number of aromatic amines is 1. The van der Waals surface area contributed by atoms with Gasteiger partial charge in [-0.25, -0.2) is 4.79 Å². The number of ketones is 1. The molecular weight excluding hydrogens is 588 g/mol. The van der Waals surface area contributed by atoms with Crippen LogP contribution in [0.25, 0.3) is 32.3 Å². The third-order valence-corrected chi connectivity index (χ3v) is 8.11. The van der Waals surface area contributed by atoms with E-state index < -0.39 is 47.5 Å². The molecule has 0 bridgehead atoms. The minimum absolute atomic E-state index is 0.0700. The molecule has 1 aliphatic rings. The Balaban J connectivity index is 0.000000180. The molecule has 0 spiro atoms. The van der Waals surface area contributed by atoms with Gasteiger partial charge in [-0.1, -0.05) is 82.0 Å². The number of unbranched alkanes of at least 4 members (excludes halogenated alkanes) is 3. The van der Waals surface area contributed by atoms with E-state index in [0.29, 0.717) is 5.75 Å². The third kappa shape index (κ3) is 7.63. The van der Waals surface area contributed by atoms with Gasteiger partial charge in [-0.3, -0.25) is 23.9 Å². The second-order valence-corrected chi connectivity index (χ2v) is 11.6. The van der Waals surface area contributed by atoms with Crippen molar-refractivity contribution in [2.24, 2.45) is 0 Å². The van der Waals surface area contributed by atoms with E-state index in [1.165, 1.54) is 78.2 Å². The van der Waals surface area contributed by atoms with Gasteiger partial charge in [0.15, 0.2) is 5.78 Å². The molecule has 10 heteroatoms. The number of ether oxygens (including phenoxy) is 2. The highest BCUT2D eigenvalue weighted by molar-refractivity contribution is 6.24. The topological polar surface area (TPSA) is 148 Å². The molecule has 1 fully saturated rings. The molecule has 0 aliphatic carbocycles. The van der Waals surface area contributed by atoms with Crippen molar-refractivity contribution in [3.8, 4) is 5.75 Å². The summed E-state index contributed by atoms with van der Waals surface area (Å²) in [5.41, 5.74) is 0.0273. The first kappa shape index (κ1) is 34.3. The summed E-state index contributed by atoms with van der Waals surface area (Å²) < 4.78 is 11.6. The number of carbonyl (C=O) groups is 2. The van der Waals surface area contributed by atoms with Crippen LogP contribution < -0.4 is 11.2 Å². The van der Waals surface area contributed by atoms with Crippen molar-refractivity contribution in [3.63, 3.8) is 0 Å². The number of H-pyrrole nitrogens is 1. The van der Waals surface area contributed by atoms with E-state index in [4.69, 9.17) is 9.47 Å². The number of rotatable bonds is 7. The van der Waals surface area contributed by atoms with Crippen LogP contribution >= 0.6 is 0 Å². The van der Waals surface area contributed by atoms with E-state index in [0.717, 1.165) is 16.0 Å². The Labute approximate surface area is 266 Å². The van der Waals surface area contributed by atoms with Crippen LogP contribution in [-0.2, 0) is 19.1 Å². The van der Waals surface area contributed by atoms with Gasteiger partial charge in [0.2, 0.25) is 0 Å². The maximum absolute atomic E-state index is 11.8. The van der Waals surface area contributed by atoms with Gasteiger partial charge < -0.3 is 19.7 Å². The van der Waals surface area contributed by atoms with Crippen molar-refractivity contribution in [2.75, 3.05) is 0 Å². The normalized spacial score (nSPS) is 18.1. The number of aromatic nitrogens is 2. The van der Waals surface area contributed by atoms with Crippen LogP contribution in [0.5, 0.6) is 5.75 Å². The molecule has 1 unspecified atom stereocenters. The highest BCUT2D eigenvalue weighted by atomic mass is 16.6. The smallest absolute Gasteiger partial charge is 0.330 e. The Bertz CT molecular complexity index is 1920. The molecular formula is C36H42N2O8. The van der Waals surface area contributed by atoms with Crippen LogP contribution in [0.2, 0.25) is 0 Å². The van der Waals surface area contributed by atoms with E-state index in [-0.39, 0.29) is 6.42 Å². The summed E-state index contributed by atoms with van der Waals surface area (Å²) in [7, 11) is 0. The predicted octanol–water partition coefficient (Wildman–Crippen LogP) is 5.89. The number of Topliss-reactive ketones (excluding diaryl/α,β-unsaturated/α-hetero) is 1. The Morgan fingerprint density at radius 3 is 2.28 bits per heavy atom. The van der Waals surface area contributed by atoms with Crippen LogP contribution in [-0.4, -0.2) is 49.8 Å². The fourth-order valence-corrected chi connectivity index (χ4v) is 5.82. The first-order valence-electron chi connectivity index (χ1n) is 15.7. The van der Waals surface area contributed by atoms with Crippen molar-refractivity contribution in [3.05, 3.63) is 87.2 Å². The fourth-order valence-electron chi connectivity index (χ4n) is 5.82. The highest BCUT2D eigenvalue weighted by Gasteiger charge is 2.44. The van der Waals surface area contributed by atoms with Gasteiger partial charge in [0.05, 0.1) is 0 Å². The lowest BCUT2D eigenvalue weighted by atomic mass is 9.91. The van der Waals surface area contributed by atoms with Crippen molar-refractivity contribution >= 4 is 44.1 Å². The molecule has 4 atom stereocenters. The number of hydrogen-bond donors (Lipinski definition) is 3. The Morgan fingerprint density at radius 2 is 1.65 bits per heavy atom. The first-order valence-corrected chi connectivity index (χ1v) is 15.7. The minimum Gasteiger partial charge on any atom is -0.507 e. The minimum atomic E-state index is -1.48. The molecule has 3 N–H and O–H groups in total. The number of aromatic hydroxyl groups is 1. The number of aliphatic hydroxyl groups excluding tert-OH is 1. The van der Waals surface area contributed by atoms with Gasteiger partial charge in [0.1, 0.15) is 30.3 Å². The zero-order valence-electron chi connectivity index (χ0n) is 26.9. The lowest BCUT2D eigenvalue weighted by Gasteiger charge is -2.21. The number of nitrogens with zero attached hydrogens (tertiary/aromatic N) is 1. The van der Waals surface area contributed by atoms with E-state index in [1.807, 2.05) is 12.1 Å². The number of benzene rings is 4. The molecule has 10 nitrogen and oxygen atoms in total.